The molecule has 1 unspecified atom stereocenters. The van der Waals surface area contributed by atoms with Crippen LogP contribution in [0.25, 0.3) is 0 Å². The van der Waals surface area contributed by atoms with Gasteiger partial charge in [0.25, 0.3) is 0 Å². The second kappa shape index (κ2) is 13.3. The number of nitrogens with one attached hydrogen (secondary N) is 1. The molecule has 4 nitrogen and oxygen atoms in total. The lowest BCUT2D eigenvalue weighted by molar-refractivity contribution is -0.141. The molecule has 3 aromatic carbocycles. The summed E-state index contributed by atoms with van der Waals surface area (Å²) < 4.78 is 0. The van der Waals surface area contributed by atoms with Crippen LogP contribution in [0.15, 0.2) is 66.7 Å². The maximum absolute atomic E-state index is 14.1. The molecule has 4 rings (SSSR count). The Morgan fingerprint density at radius 2 is 1.50 bits per heavy atom. The Hall–Kier alpha value is -2.82. The average Bonchev–Trinajstić information content (AvgIpc) is 2.88. The van der Waals surface area contributed by atoms with Gasteiger partial charge in [-0.2, -0.15) is 0 Å². The number of halogens is 2. The summed E-state index contributed by atoms with van der Waals surface area (Å²) in [5.74, 6) is -0.261. The molecule has 200 valence electrons. The third-order valence-electron chi connectivity index (χ3n) is 7.25. The van der Waals surface area contributed by atoms with Gasteiger partial charge >= 0.3 is 0 Å². The zero-order valence-electron chi connectivity index (χ0n) is 22.2. The number of benzene rings is 3. The lowest BCUT2D eigenvalue weighted by atomic mass is 9.94. The van der Waals surface area contributed by atoms with Crippen LogP contribution >= 0.6 is 23.2 Å². The maximum atomic E-state index is 14.1. The fraction of sp³-hybridized carbons (Fsp3) is 0.375. The van der Waals surface area contributed by atoms with Gasteiger partial charge in [-0.15, -0.1) is 0 Å². The molecule has 3 aromatic rings. The van der Waals surface area contributed by atoms with E-state index in [-0.39, 0.29) is 30.8 Å². The van der Waals surface area contributed by atoms with Crippen molar-refractivity contribution in [2.75, 3.05) is 0 Å². The highest BCUT2D eigenvalue weighted by Gasteiger charge is 2.32. The number of carbonyl (C=O) groups excluding carboxylic acids is 2. The predicted molar refractivity (Wildman–Crippen MR) is 156 cm³/mol. The number of nitrogens with zero attached hydrogens (tertiary/aromatic N) is 1. The summed E-state index contributed by atoms with van der Waals surface area (Å²) >= 11 is 13.1. The van der Waals surface area contributed by atoms with Crippen LogP contribution in [0, 0.1) is 13.8 Å². The number of amides is 2. The van der Waals surface area contributed by atoms with Crippen LogP contribution in [0.2, 0.25) is 10.0 Å². The van der Waals surface area contributed by atoms with Crippen LogP contribution in [-0.4, -0.2) is 28.8 Å². The van der Waals surface area contributed by atoms with Crippen molar-refractivity contribution >= 4 is 35.0 Å². The Balaban J connectivity index is 1.71. The Kier molecular flexibility index (Phi) is 9.87. The Morgan fingerprint density at radius 3 is 2.13 bits per heavy atom. The summed E-state index contributed by atoms with van der Waals surface area (Å²) in [5, 5.41) is 4.23. The zero-order valence-corrected chi connectivity index (χ0v) is 23.7. The highest BCUT2D eigenvalue weighted by Crippen LogP contribution is 2.28. The lowest BCUT2D eigenvalue weighted by Crippen LogP contribution is -2.53. The molecule has 1 N–H and O–H groups in total. The Bertz CT molecular complexity index is 1220. The van der Waals surface area contributed by atoms with Gasteiger partial charge in [0.05, 0.1) is 6.42 Å². The number of aryl methyl sites for hydroxylation is 2. The molecule has 1 atom stereocenters. The SMILES string of the molecule is Cc1cc(C)cc(CC(=O)N(Cc2c(Cl)cccc2Cl)C(Cc2ccccc2)C(=O)NC2CCCCC2)c1. The lowest BCUT2D eigenvalue weighted by Gasteiger charge is -2.34. The van der Waals surface area contributed by atoms with Gasteiger partial charge in [-0.25, -0.2) is 0 Å². The zero-order chi connectivity index (χ0) is 27.1. The monoisotopic (exact) mass is 550 g/mol. The van der Waals surface area contributed by atoms with E-state index >= 15 is 0 Å². The summed E-state index contributed by atoms with van der Waals surface area (Å²) in [6.07, 6.45) is 5.95. The van der Waals surface area contributed by atoms with E-state index in [1.807, 2.05) is 56.3 Å². The molecular formula is C32H36Cl2N2O2. The van der Waals surface area contributed by atoms with Crippen molar-refractivity contribution < 1.29 is 9.59 Å². The number of hydrogen-bond donors (Lipinski definition) is 1. The van der Waals surface area contributed by atoms with Gasteiger partial charge in [0.1, 0.15) is 6.04 Å². The highest BCUT2D eigenvalue weighted by molar-refractivity contribution is 6.36. The molecule has 0 radical (unpaired) electrons. The summed E-state index contributed by atoms with van der Waals surface area (Å²) in [5.41, 5.74) is 4.77. The first-order valence-electron chi connectivity index (χ1n) is 13.4. The third-order valence-corrected chi connectivity index (χ3v) is 7.96. The standard InChI is InChI=1S/C32H36Cl2N2O2/c1-22-16-23(2)18-25(17-22)20-31(37)36(21-27-28(33)14-9-15-29(27)34)30(19-24-10-5-3-6-11-24)32(38)35-26-12-7-4-8-13-26/h3,5-6,9-11,14-18,26,30H,4,7-8,12-13,19-21H2,1-2H3,(H,35,38). The first-order chi connectivity index (χ1) is 18.3. The van der Waals surface area contributed by atoms with Gasteiger partial charge < -0.3 is 10.2 Å². The van der Waals surface area contributed by atoms with Gasteiger partial charge in [-0.1, -0.05) is 108 Å². The number of hydrogen-bond acceptors (Lipinski definition) is 2. The van der Waals surface area contributed by atoms with Gasteiger partial charge in [0.2, 0.25) is 11.8 Å². The average molecular weight is 552 g/mol. The Labute approximate surface area is 236 Å². The second-order valence-corrected chi connectivity index (χ2v) is 11.3. The van der Waals surface area contributed by atoms with Crippen LogP contribution in [0.4, 0.5) is 0 Å². The second-order valence-electron chi connectivity index (χ2n) is 10.4. The van der Waals surface area contributed by atoms with E-state index in [1.54, 1.807) is 23.1 Å². The maximum Gasteiger partial charge on any atom is 0.243 e. The molecular weight excluding hydrogens is 515 g/mol. The van der Waals surface area contributed by atoms with Crippen molar-refractivity contribution in [2.24, 2.45) is 0 Å². The van der Waals surface area contributed by atoms with Crippen molar-refractivity contribution in [3.05, 3.63) is 105 Å². The van der Waals surface area contributed by atoms with E-state index in [9.17, 15) is 9.59 Å². The molecule has 0 bridgehead atoms. The van der Waals surface area contributed by atoms with E-state index in [1.165, 1.54) is 6.42 Å². The molecule has 6 heteroatoms. The molecule has 1 saturated carbocycles. The topological polar surface area (TPSA) is 49.4 Å². The molecule has 1 fully saturated rings. The summed E-state index contributed by atoms with van der Waals surface area (Å²) in [6, 6.07) is 20.8. The van der Waals surface area contributed by atoms with Gasteiger partial charge in [0.15, 0.2) is 0 Å². The van der Waals surface area contributed by atoms with Gasteiger partial charge in [-0.3, -0.25) is 9.59 Å². The van der Waals surface area contributed by atoms with Crippen LogP contribution < -0.4 is 5.32 Å². The van der Waals surface area contributed by atoms with E-state index in [0.717, 1.165) is 47.9 Å². The predicted octanol–water partition coefficient (Wildman–Crippen LogP) is 7.24. The van der Waals surface area contributed by atoms with Gasteiger partial charge in [-0.05, 0) is 49.9 Å². The molecule has 0 heterocycles. The molecule has 1 aliphatic rings. The van der Waals surface area contributed by atoms with Crippen LogP contribution in [0.3, 0.4) is 0 Å². The largest absolute Gasteiger partial charge is 0.352 e. The van der Waals surface area contributed by atoms with Gasteiger partial charge in [0, 0.05) is 34.6 Å². The first-order valence-corrected chi connectivity index (χ1v) is 14.2. The van der Waals surface area contributed by atoms with Crippen LogP contribution in [0.1, 0.15) is 59.9 Å². The quantitative estimate of drug-likeness (QED) is 0.305. The van der Waals surface area contributed by atoms with Crippen LogP contribution in [0.5, 0.6) is 0 Å². The van der Waals surface area contributed by atoms with E-state index in [0.29, 0.717) is 22.0 Å². The first kappa shape index (κ1) is 28.2. The summed E-state index contributed by atoms with van der Waals surface area (Å²) in [4.78, 5) is 29.6. The molecule has 0 spiro atoms. The van der Waals surface area contributed by atoms with Crippen LogP contribution in [-0.2, 0) is 29.0 Å². The highest BCUT2D eigenvalue weighted by atomic mass is 35.5. The minimum Gasteiger partial charge on any atom is -0.352 e. The summed E-state index contributed by atoms with van der Waals surface area (Å²) in [6.45, 7) is 4.20. The fourth-order valence-corrected chi connectivity index (χ4v) is 5.92. The fourth-order valence-electron chi connectivity index (χ4n) is 5.40. The molecule has 38 heavy (non-hydrogen) atoms. The van der Waals surface area contributed by atoms with Crippen molar-refractivity contribution in [1.82, 2.24) is 10.2 Å². The molecule has 1 aliphatic carbocycles. The van der Waals surface area contributed by atoms with E-state index in [4.69, 9.17) is 23.2 Å². The van der Waals surface area contributed by atoms with E-state index in [2.05, 4.69) is 11.4 Å². The van der Waals surface area contributed by atoms with E-state index < -0.39 is 6.04 Å². The smallest absolute Gasteiger partial charge is 0.243 e. The molecule has 0 aromatic heterocycles. The number of carbonyl (C=O) groups is 2. The minimum atomic E-state index is -0.704. The van der Waals surface area contributed by atoms with Crippen molar-refractivity contribution in [3.63, 3.8) is 0 Å². The minimum absolute atomic E-state index is 0.127. The third kappa shape index (κ3) is 7.61. The normalized spacial score (nSPS) is 14.6. The summed E-state index contributed by atoms with van der Waals surface area (Å²) in [7, 11) is 0. The molecule has 0 saturated heterocycles. The van der Waals surface area contributed by atoms with Crippen molar-refractivity contribution in [3.8, 4) is 0 Å². The molecule has 2 amide bonds. The van der Waals surface area contributed by atoms with Crippen molar-refractivity contribution in [2.45, 2.75) is 77.4 Å². The Morgan fingerprint density at radius 1 is 0.868 bits per heavy atom. The molecule has 0 aliphatic heterocycles. The number of rotatable bonds is 9. The van der Waals surface area contributed by atoms with Crippen molar-refractivity contribution in [1.29, 1.82) is 0 Å².